The molecule has 24 heavy (non-hydrogen) atoms. The van der Waals surface area contributed by atoms with Crippen LogP contribution in [0.5, 0.6) is 0 Å². The zero-order valence-electron chi connectivity index (χ0n) is 13.6. The molecule has 2 heterocycles. The highest BCUT2D eigenvalue weighted by atomic mass is 16.3. The van der Waals surface area contributed by atoms with Gasteiger partial charge in [0.2, 0.25) is 0 Å². The van der Waals surface area contributed by atoms with Gasteiger partial charge in [-0.3, -0.25) is 9.59 Å². The lowest BCUT2D eigenvalue weighted by molar-refractivity contribution is -0.127. The molecule has 2 aliphatic rings. The molecule has 2 aromatic rings. The van der Waals surface area contributed by atoms with Crippen LogP contribution in [0.3, 0.4) is 0 Å². The molecule has 1 N–H and O–H groups in total. The molecule has 1 aromatic carbocycles. The molecule has 0 atom stereocenters. The van der Waals surface area contributed by atoms with Crippen molar-refractivity contribution in [1.29, 1.82) is 0 Å². The number of nitrogens with zero attached hydrogens (tertiary/aromatic N) is 1. The number of aromatic nitrogens is 1. The fraction of sp³-hybridized carbons (Fsp3) is 0.300. The molecule has 1 fully saturated rings. The van der Waals surface area contributed by atoms with Gasteiger partial charge in [0.1, 0.15) is 11.1 Å². The van der Waals surface area contributed by atoms with Crippen molar-refractivity contribution in [2.45, 2.75) is 38.1 Å². The number of rotatable bonds is 2. The number of fused-ring (bicyclic) bond motifs is 2. The van der Waals surface area contributed by atoms with Gasteiger partial charge in [0.15, 0.2) is 17.3 Å². The number of allylic oxidation sites excluding steroid dienone is 1. The fourth-order valence-electron chi connectivity index (χ4n) is 4.20. The molecule has 4 nitrogen and oxygen atoms in total. The summed E-state index contributed by atoms with van der Waals surface area (Å²) in [7, 11) is 0. The van der Waals surface area contributed by atoms with Crippen LogP contribution in [0.15, 0.2) is 48.2 Å². The van der Waals surface area contributed by atoms with Crippen LogP contribution in [-0.2, 0) is 15.1 Å². The molecule has 1 spiro atoms. The predicted molar refractivity (Wildman–Crippen MR) is 91.5 cm³/mol. The minimum atomic E-state index is -0.713. The predicted octanol–water partition coefficient (Wildman–Crippen LogP) is 3.87. The van der Waals surface area contributed by atoms with Crippen LogP contribution in [-0.4, -0.2) is 21.2 Å². The molecule has 1 aromatic heterocycles. The zero-order chi connectivity index (χ0) is 16.9. The molecule has 0 saturated heterocycles. The smallest absolute Gasteiger partial charge is 0.196 e. The maximum absolute atomic E-state index is 13.1. The molecule has 1 aliphatic carbocycles. The van der Waals surface area contributed by atoms with Crippen LogP contribution >= 0.6 is 0 Å². The van der Waals surface area contributed by atoms with Gasteiger partial charge in [-0.15, -0.1) is 0 Å². The molecular weight excluding hydrogens is 302 g/mol. The van der Waals surface area contributed by atoms with Gasteiger partial charge in [-0.05, 0) is 31.4 Å². The van der Waals surface area contributed by atoms with Crippen molar-refractivity contribution in [3.8, 4) is 11.1 Å². The third-order valence-electron chi connectivity index (χ3n) is 5.33. The van der Waals surface area contributed by atoms with Gasteiger partial charge in [0, 0.05) is 11.8 Å². The van der Waals surface area contributed by atoms with Gasteiger partial charge in [-0.25, -0.2) is 0 Å². The Labute approximate surface area is 140 Å². The van der Waals surface area contributed by atoms with Crippen molar-refractivity contribution >= 4 is 17.3 Å². The molecular formula is C20H19NO3. The normalized spacial score (nSPS) is 19.0. The lowest BCUT2D eigenvalue weighted by Crippen LogP contribution is -2.45. The molecule has 0 amide bonds. The Morgan fingerprint density at radius 2 is 1.79 bits per heavy atom. The Kier molecular flexibility index (Phi) is 3.23. The first kappa shape index (κ1) is 14.9. The first-order valence-corrected chi connectivity index (χ1v) is 8.33. The molecule has 1 aliphatic heterocycles. The van der Waals surface area contributed by atoms with E-state index in [4.69, 9.17) is 0 Å². The quantitative estimate of drug-likeness (QED) is 0.854. The summed E-state index contributed by atoms with van der Waals surface area (Å²) in [5.41, 5.74) is 1.65. The average molecular weight is 321 g/mol. The van der Waals surface area contributed by atoms with E-state index in [0.29, 0.717) is 18.5 Å². The molecule has 0 radical (unpaired) electrons. The Balaban J connectivity index is 2.03. The van der Waals surface area contributed by atoms with Crippen molar-refractivity contribution in [2.75, 3.05) is 0 Å². The number of hydrogen-bond acceptors (Lipinski definition) is 3. The van der Waals surface area contributed by atoms with Gasteiger partial charge >= 0.3 is 0 Å². The van der Waals surface area contributed by atoms with Crippen molar-refractivity contribution in [1.82, 2.24) is 4.57 Å². The van der Waals surface area contributed by atoms with E-state index in [-0.39, 0.29) is 22.9 Å². The van der Waals surface area contributed by atoms with Crippen LogP contribution in [0, 0.1) is 0 Å². The molecule has 122 valence electrons. The number of carbonyl (C=O) groups is 2. The zero-order valence-corrected chi connectivity index (χ0v) is 13.6. The van der Waals surface area contributed by atoms with Crippen molar-refractivity contribution in [3.63, 3.8) is 0 Å². The first-order valence-electron chi connectivity index (χ1n) is 8.33. The molecule has 4 rings (SSSR count). The standard InChI is InChI=1S/C20H19NO3/c1-13(22)16-18(23)17-15(14-7-3-2-4-8-14)9-12-21(17)20(19(16)24)10-5-6-11-20/h2-4,7-9,12,23H,5-6,10-11H2,1H3. The van der Waals surface area contributed by atoms with Gasteiger partial charge in [0.05, 0.1) is 5.69 Å². The van der Waals surface area contributed by atoms with Gasteiger partial charge < -0.3 is 9.67 Å². The van der Waals surface area contributed by atoms with Crippen LogP contribution < -0.4 is 0 Å². The monoisotopic (exact) mass is 321 g/mol. The lowest BCUT2D eigenvalue weighted by atomic mass is 9.81. The van der Waals surface area contributed by atoms with E-state index in [0.717, 1.165) is 24.0 Å². The minimum Gasteiger partial charge on any atom is -0.505 e. The van der Waals surface area contributed by atoms with E-state index in [1.807, 2.05) is 47.2 Å². The largest absolute Gasteiger partial charge is 0.505 e. The summed E-state index contributed by atoms with van der Waals surface area (Å²) in [6, 6.07) is 11.7. The highest BCUT2D eigenvalue weighted by molar-refractivity contribution is 6.27. The second-order valence-corrected chi connectivity index (χ2v) is 6.66. The number of carbonyl (C=O) groups excluding carboxylic acids is 2. The molecule has 0 unspecified atom stereocenters. The van der Waals surface area contributed by atoms with Crippen LogP contribution in [0.4, 0.5) is 0 Å². The second kappa shape index (κ2) is 5.20. The van der Waals surface area contributed by atoms with E-state index < -0.39 is 5.54 Å². The van der Waals surface area contributed by atoms with Crippen molar-refractivity contribution in [3.05, 3.63) is 53.9 Å². The van der Waals surface area contributed by atoms with Crippen LogP contribution in [0.2, 0.25) is 0 Å². The Hall–Kier alpha value is -2.62. The first-order chi connectivity index (χ1) is 11.6. The molecule has 1 saturated carbocycles. The number of aliphatic hydroxyl groups is 1. The van der Waals surface area contributed by atoms with Gasteiger partial charge in [-0.1, -0.05) is 43.2 Å². The maximum atomic E-state index is 13.1. The van der Waals surface area contributed by atoms with Crippen molar-refractivity contribution < 1.29 is 14.7 Å². The fourth-order valence-corrected chi connectivity index (χ4v) is 4.20. The second-order valence-electron chi connectivity index (χ2n) is 6.66. The summed E-state index contributed by atoms with van der Waals surface area (Å²) in [5.74, 6) is -0.781. The van der Waals surface area contributed by atoms with E-state index in [1.54, 1.807) is 0 Å². The number of aliphatic hydroxyl groups excluding tert-OH is 1. The van der Waals surface area contributed by atoms with Gasteiger partial charge in [0.25, 0.3) is 0 Å². The molecule has 0 bridgehead atoms. The summed E-state index contributed by atoms with van der Waals surface area (Å²) < 4.78 is 1.91. The third kappa shape index (κ3) is 1.86. The summed E-state index contributed by atoms with van der Waals surface area (Å²) in [5, 5.41) is 10.8. The average Bonchev–Trinajstić information content (AvgIpc) is 3.22. The third-order valence-corrected chi connectivity index (χ3v) is 5.33. The highest BCUT2D eigenvalue weighted by Crippen LogP contribution is 2.47. The summed E-state index contributed by atoms with van der Waals surface area (Å²) in [6.07, 6.45) is 5.22. The highest BCUT2D eigenvalue weighted by Gasteiger charge is 2.50. The van der Waals surface area contributed by atoms with E-state index in [1.165, 1.54) is 6.92 Å². The number of Topliss-reactive ketones (excluding diaryl/α,β-unsaturated/α-hetero) is 2. The summed E-state index contributed by atoms with van der Waals surface area (Å²) >= 11 is 0. The Morgan fingerprint density at radius 3 is 2.42 bits per heavy atom. The van der Waals surface area contributed by atoms with Crippen molar-refractivity contribution in [2.24, 2.45) is 0 Å². The van der Waals surface area contributed by atoms with E-state index in [2.05, 4.69) is 0 Å². The maximum Gasteiger partial charge on any atom is 0.196 e. The SMILES string of the molecule is CC(=O)C1=C(O)c2c(-c3ccccc3)ccn2C2(CCCC2)C1=O. The number of benzene rings is 1. The number of ketones is 2. The topological polar surface area (TPSA) is 59.3 Å². The van der Waals surface area contributed by atoms with E-state index >= 15 is 0 Å². The van der Waals surface area contributed by atoms with Crippen LogP contribution in [0.1, 0.15) is 38.3 Å². The Bertz CT molecular complexity index is 868. The summed E-state index contributed by atoms with van der Waals surface area (Å²) in [6.45, 7) is 1.35. The molecule has 4 heteroatoms. The number of hydrogen-bond donors (Lipinski definition) is 1. The Morgan fingerprint density at radius 1 is 1.12 bits per heavy atom. The minimum absolute atomic E-state index is 0.0414. The van der Waals surface area contributed by atoms with E-state index in [9.17, 15) is 14.7 Å². The lowest BCUT2D eigenvalue weighted by Gasteiger charge is -2.36. The summed E-state index contributed by atoms with van der Waals surface area (Å²) in [4.78, 5) is 25.1. The van der Waals surface area contributed by atoms with Crippen LogP contribution in [0.25, 0.3) is 16.9 Å². The van der Waals surface area contributed by atoms with Gasteiger partial charge in [-0.2, -0.15) is 0 Å².